The van der Waals surface area contributed by atoms with Crippen molar-refractivity contribution in [1.82, 2.24) is 35.1 Å². The summed E-state index contributed by atoms with van der Waals surface area (Å²) in [5.74, 6) is 8.12. The van der Waals surface area contributed by atoms with E-state index in [2.05, 4.69) is 72.1 Å². The molecular formula is C40H45N7O5S2. The SMILES string of the molecule is COC(=O)NC(C(=O)N1CCCC1c1ncc(-c2ccc(-c3csc4c(C#Cc5cnc(C6CCCN6C(=O)OCC(C)C)[nH]5)csc34)cc2)[nH]1)C(C)C. The van der Waals surface area contributed by atoms with Crippen molar-refractivity contribution in [3.8, 4) is 34.2 Å². The number of hydrogen-bond donors (Lipinski definition) is 3. The van der Waals surface area contributed by atoms with Crippen molar-refractivity contribution in [1.29, 1.82) is 0 Å². The predicted molar refractivity (Wildman–Crippen MR) is 210 cm³/mol. The third-order valence-corrected chi connectivity index (χ3v) is 12.1. The van der Waals surface area contributed by atoms with Crippen LogP contribution in [0.5, 0.6) is 0 Å². The number of methoxy groups -OCH3 is 1. The van der Waals surface area contributed by atoms with Crippen molar-refractivity contribution in [2.75, 3.05) is 26.8 Å². The molecule has 0 spiro atoms. The van der Waals surface area contributed by atoms with Gasteiger partial charge in [0.15, 0.2) is 0 Å². The molecule has 0 aliphatic carbocycles. The zero-order chi connectivity index (χ0) is 37.9. The number of nitrogens with zero attached hydrogens (tertiary/aromatic N) is 4. The molecule has 54 heavy (non-hydrogen) atoms. The summed E-state index contributed by atoms with van der Waals surface area (Å²) in [4.78, 5) is 57.8. The van der Waals surface area contributed by atoms with Gasteiger partial charge in [0.1, 0.15) is 23.4 Å². The first-order valence-corrected chi connectivity index (χ1v) is 20.2. The van der Waals surface area contributed by atoms with Crippen LogP contribution < -0.4 is 5.32 Å². The van der Waals surface area contributed by atoms with Crippen LogP contribution in [0, 0.1) is 23.7 Å². The summed E-state index contributed by atoms with van der Waals surface area (Å²) in [5.41, 5.74) is 5.84. The molecule has 3 atom stereocenters. The molecule has 6 heterocycles. The minimum Gasteiger partial charge on any atom is -0.453 e. The van der Waals surface area contributed by atoms with Crippen molar-refractivity contribution in [2.24, 2.45) is 11.8 Å². The Morgan fingerprint density at radius 3 is 2.28 bits per heavy atom. The Kier molecular flexibility index (Phi) is 11.1. The van der Waals surface area contributed by atoms with Crippen LogP contribution in [0.3, 0.4) is 0 Å². The van der Waals surface area contributed by atoms with Crippen LogP contribution in [-0.4, -0.2) is 80.7 Å². The normalized spacial score (nSPS) is 17.6. The number of aromatic nitrogens is 4. The van der Waals surface area contributed by atoms with Crippen LogP contribution in [0.2, 0.25) is 0 Å². The second-order valence-electron chi connectivity index (χ2n) is 14.5. The number of fused-ring (bicyclic) bond motifs is 1. The lowest BCUT2D eigenvalue weighted by molar-refractivity contribution is -0.135. The summed E-state index contributed by atoms with van der Waals surface area (Å²) >= 11 is 3.37. The zero-order valence-corrected chi connectivity index (χ0v) is 32.7. The van der Waals surface area contributed by atoms with Gasteiger partial charge in [-0.3, -0.25) is 9.69 Å². The monoisotopic (exact) mass is 767 g/mol. The molecule has 0 saturated carbocycles. The number of nitrogens with one attached hydrogen (secondary N) is 3. The van der Waals surface area contributed by atoms with E-state index in [-0.39, 0.29) is 35.9 Å². The first-order valence-electron chi connectivity index (χ1n) is 18.4. The molecule has 2 saturated heterocycles. The Labute approximate surface area is 322 Å². The van der Waals surface area contributed by atoms with Gasteiger partial charge in [0, 0.05) is 29.4 Å². The molecule has 2 aliphatic heterocycles. The van der Waals surface area contributed by atoms with Crippen LogP contribution >= 0.6 is 22.7 Å². The van der Waals surface area contributed by atoms with Crippen molar-refractivity contribution in [2.45, 2.75) is 71.5 Å². The number of likely N-dealkylation sites (tertiary alicyclic amines) is 2. The lowest BCUT2D eigenvalue weighted by atomic mass is 10.0. The van der Waals surface area contributed by atoms with Crippen LogP contribution in [0.1, 0.15) is 88.4 Å². The molecule has 5 aromatic rings. The van der Waals surface area contributed by atoms with Crippen molar-refractivity contribution < 1.29 is 23.9 Å². The highest BCUT2D eigenvalue weighted by molar-refractivity contribution is 7.27. The summed E-state index contributed by atoms with van der Waals surface area (Å²) in [6.45, 7) is 9.53. The first kappa shape index (κ1) is 37.2. The molecule has 1 aromatic carbocycles. The van der Waals surface area contributed by atoms with Gasteiger partial charge in [-0.2, -0.15) is 0 Å². The molecule has 2 aliphatic rings. The summed E-state index contributed by atoms with van der Waals surface area (Å²) in [6.07, 6.45) is 6.05. The number of amides is 3. The topological polar surface area (TPSA) is 146 Å². The number of rotatable bonds is 9. The average molecular weight is 768 g/mol. The molecule has 282 valence electrons. The van der Waals surface area contributed by atoms with E-state index in [1.165, 1.54) is 17.4 Å². The lowest BCUT2D eigenvalue weighted by Gasteiger charge is -2.30. The van der Waals surface area contributed by atoms with E-state index >= 15 is 0 Å². The van der Waals surface area contributed by atoms with E-state index in [1.54, 1.807) is 33.8 Å². The number of hydrogen-bond acceptors (Lipinski definition) is 9. The minimum atomic E-state index is -0.679. The molecule has 4 aromatic heterocycles. The Morgan fingerprint density at radius 1 is 0.889 bits per heavy atom. The average Bonchev–Trinajstić information content (AvgIpc) is 4.01. The summed E-state index contributed by atoms with van der Waals surface area (Å²) < 4.78 is 12.6. The van der Waals surface area contributed by atoms with Gasteiger partial charge in [0.25, 0.3) is 0 Å². The number of benzene rings is 1. The molecule has 7 rings (SSSR count). The fourth-order valence-electron chi connectivity index (χ4n) is 7.08. The predicted octanol–water partition coefficient (Wildman–Crippen LogP) is 8.12. The van der Waals surface area contributed by atoms with Crippen LogP contribution in [0.25, 0.3) is 31.8 Å². The number of carbonyl (C=O) groups is 3. The van der Waals surface area contributed by atoms with E-state index < -0.39 is 12.1 Å². The number of aromatic amines is 2. The quantitative estimate of drug-likeness (QED) is 0.129. The third-order valence-electron chi connectivity index (χ3n) is 9.90. The summed E-state index contributed by atoms with van der Waals surface area (Å²) in [6, 6.07) is 7.41. The van der Waals surface area contributed by atoms with Gasteiger partial charge in [-0.15, -0.1) is 22.7 Å². The molecule has 2 fully saturated rings. The molecule has 3 unspecified atom stereocenters. The highest BCUT2D eigenvalue weighted by Crippen LogP contribution is 2.41. The van der Waals surface area contributed by atoms with E-state index in [0.717, 1.165) is 64.4 Å². The fraction of sp³-hybridized carbons (Fsp3) is 0.425. The molecule has 12 nitrogen and oxygen atoms in total. The standard InChI is InChI=1S/C40H45N7O5S2/c1-23(2)20-52-40(50)47-17-7-9-32(47)36-41-18-28(43-36)15-14-27-21-53-35-29(22-54-34(27)35)25-10-12-26(13-11-25)30-19-42-37(44-30)31-8-6-16-46(31)38(48)33(24(3)4)45-39(49)51-5/h10-13,18-19,21-24,31-33H,6-9,16-17,20H2,1-5H3,(H,41,43)(H,42,44)(H,45,49). The van der Waals surface area contributed by atoms with Gasteiger partial charge in [0.2, 0.25) is 5.91 Å². The number of H-pyrrole nitrogens is 2. The summed E-state index contributed by atoms with van der Waals surface area (Å²) in [5, 5.41) is 6.99. The van der Waals surface area contributed by atoms with Crippen LogP contribution in [-0.2, 0) is 14.3 Å². The maximum atomic E-state index is 13.5. The lowest BCUT2D eigenvalue weighted by Crippen LogP contribution is -2.51. The molecule has 0 bridgehead atoms. The summed E-state index contributed by atoms with van der Waals surface area (Å²) in [7, 11) is 1.30. The molecular weight excluding hydrogens is 723 g/mol. The molecule has 0 radical (unpaired) electrons. The number of ether oxygens (including phenoxy) is 2. The number of imidazole rings is 2. The second kappa shape index (κ2) is 16.1. The maximum Gasteiger partial charge on any atom is 0.410 e. The molecule has 3 N–H and O–H groups in total. The first-order chi connectivity index (χ1) is 26.1. The van der Waals surface area contributed by atoms with Crippen LogP contribution in [0.15, 0.2) is 47.4 Å². The highest BCUT2D eigenvalue weighted by Gasteiger charge is 2.37. The fourth-order valence-corrected chi connectivity index (χ4v) is 9.39. The molecule has 3 amide bonds. The van der Waals surface area contributed by atoms with Gasteiger partial charge in [-0.05, 0) is 54.6 Å². The highest BCUT2D eigenvalue weighted by atomic mass is 32.1. The van der Waals surface area contributed by atoms with Crippen molar-refractivity contribution in [3.05, 3.63) is 70.3 Å². The Bertz CT molecular complexity index is 2190. The van der Waals surface area contributed by atoms with E-state index in [4.69, 9.17) is 9.47 Å². The van der Waals surface area contributed by atoms with Crippen molar-refractivity contribution in [3.63, 3.8) is 0 Å². The van der Waals surface area contributed by atoms with Gasteiger partial charge in [0.05, 0.1) is 58.9 Å². The van der Waals surface area contributed by atoms with Gasteiger partial charge < -0.3 is 29.7 Å². The molecule has 14 heteroatoms. The Hall–Kier alpha value is -5.13. The van der Waals surface area contributed by atoms with E-state index in [1.807, 2.05) is 38.8 Å². The largest absolute Gasteiger partial charge is 0.453 e. The second-order valence-corrected chi connectivity index (χ2v) is 16.3. The number of carbonyl (C=O) groups excluding carboxylic acids is 3. The minimum absolute atomic E-state index is 0.0964. The maximum absolute atomic E-state index is 13.5. The third kappa shape index (κ3) is 7.74. The smallest absolute Gasteiger partial charge is 0.410 e. The van der Waals surface area contributed by atoms with Crippen molar-refractivity contribution >= 4 is 50.2 Å². The van der Waals surface area contributed by atoms with E-state index in [0.29, 0.717) is 25.4 Å². The van der Waals surface area contributed by atoms with Gasteiger partial charge in [-0.25, -0.2) is 19.6 Å². The van der Waals surface area contributed by atoms with Gasteiger partial charge in [-0.1, -0.05) is 57.9 Å². The zero-order valence-electron chi connectivity index (χ0n) is 31.1. The number of thiophene rings is 2. The van der Waals surface area contributed by atoms with E-state index in [9.17, 15) is 14.4 Å². The Morgan fingerprint density at radius 2 is 1.56 bits per heavy atom. The number of alkyl carbamates (subject to hydrolysis) is 1. The Balaban J connectivity index is 1.02. The van der Waals surface area contributed by atoms with Gasteiger partial charge >= 0.3 is 12.2 Å². The van der Waals surface area contributed by atoms with Crippen LogP contribution in [0.4, 0.5) is 9.59 Å².